The maximum Gasteiger partial charge on any atom is 0.386 e. The lowest BCUT2D eigenvalue weighted by molar-refractivity contribution is -0.862. The van der Waals surface area contributed by atoms with Gasteiger partial charge in [0.1, 0.15) is 101 Å². The molecule has 7 aliphatic rings. The van der Waals surface area contributed by atoms with Crippen LogP contribution in [0.25, 0.3) is 17.2 Å². The minimum Gasteiger partial charge on any atom is -0.508 e. The van der Waals surface area contributed by atoms with Crippen molar-refractivity contribution < 1.29 is 132 Å². The SMILES string of the molecule is CNC(CC(C)C)C(=O)NC1C(=O)NC(CC(N)=O)C(=O)NC2C(=O)NC3C(=O)NC(C(=O)N[C@@H](C(=O)NOC(=O)C[N+](C)(C)C)c4cc(O)cc(O)c4-c4cc3ccc4O)C(O)c3ccc(c(Cl)c3)Oc3cc2cc(c3OC2OC(CO)C(O)C(O)C2OC2C[C@@](C)(NCCn3ccc(NC(=O)/C=C/c4ccc(Cl)cc4)nc3=O)C(O)C(C)O2)Oc2ccc(cc2Cl)C1O. The van der Waals surface area contributed by atoms with Gasteiger partial charge in [0, 0.05) is 59.5 Å². The Hall–Kier alpha value is -12.2. The second-order valence-electron chi connectivity index (χ2n) is 33.3. The van der Waals surface area contributed by atoms with E-state index in [1.54, 1.807) is 66.2 Å². The molecule has 14 rings (SSSR count). The van der Waals surface area contributed by atoms with Crippen LogP contribution in [0, 0.1) is 5.92 Å². The molecule has 44 heteroatoms. The molecule has 0 aliphatic carbocycles. The van der Waals surface area contributed by atoms with Crippen molar-refractivity contribution in [3.8, 4) is 57.1 Å². The number of phenolic OH excluding ortho intramolecular Hbond substituents is 3. The molecule has 694 valence electrons. The number of nitrogens with zero attached hydrogens (tertiary/aromatic N) is 3. The van der Waals surface area contributed by atoms with Crippen LogP contribution in [-0.2, 0) is 73.5 Å². The molecule has 0 radical (unpaired) electrons. The number of aromatic nitrogens is 2. The van der Waals surface area contributed by atoms with E-state index < -0.39 is 271 Å². The third kappa shape index (κ3) is 22.8. The van der Waals surface area contributed by atoms with Crippen LogP contribution in [-0.4, -0.2) is 246 Å². The number of hydrogen-bond acceptors (Lipinski definition) is 30. The Labute approximate surface area is 756 Å². The van der Waals surface area contributed by atoms with E-state index in [0.717, 1.165) is 66.7 Å². The second kappa shape index (κ2) is 40.9. The van der Waals surface area contributed by atoms with Crippen LogP contribution in [0.5, 0.6) is 46.0 Å². The number of hydroxylamine groups is 1. The van der Waals surface area contributed by atoms with Crippen molar-refractivity contribution in [2.24, 2.45) is 11.7 Å². The first-order valence-corrected chi connectivity index (χ1v) is 41.9. The number of aliphatic hydroxyl groups is 6. The molecule has 130 heavy (non-hydrogen) atoms. The minimum absolute atomic E-state index is 0.0104. The van der Waals surface area contributed by atoms with Crippen molar-refractivity contribution in [2.75, 3.05) is 53.2 Å². The number of ether oxygens (including phenoxy) is 6. The number of amides is 9. The number of likely N-dealkylation sites (N-methyl/N-ethyl adjacent to an activating group) is 2. The van der Waals surface area contributed by atoms with Crippen LogP contribution in [0.3, 0.4) is 0 Å². The molecule has 1 aromatic heterocycles. The maximum atomic E-state index is 16.4. The number of aliphatic hydroxyl groups excluding tert-OH is 6. The first-order valence-electron chi connectivity index (χ1n) is 40.8. The molecule has 8 heterocycles. The number of carbonyl (C=O) groups excluding carboxylic acids is 10. The van der Waals surface area contributed by atoms with Gasteiger partial charge in [0.2, 0.25) is 59.3 Å². The molecule has 11 bridgehead atoms. The van der Waals surface area contributed by atoms with Crippen molar-refractivity contribution in [3.05, 3.63) is 180 Å². The summed E-state index contributed by atoms with van der Waals surface area (Å²) in [7, 11) is 6.33. The quantitative estimate of drug-likeness (QED) is 0.0260. The highest BCUT2D eigenvalue weighted by molar-refractivity contribution is 6.32. The van der Waals surface area contributed by atoms with E-state index in [-0.39, 0.29) is 59.8 Å². The summed E-state index contributed by atoms with van der Waals surface area (Å²) in [6.45, 7) is 5.22. The number of rotatable bonds is 22. The molecule has 0 saturated carbocycles. The normalized spacial score (nSPS) is 25.5. The molecular weight excluding hydrogens is 1770 g/mol. The summed E-state index contributed by atoms with van der Waals surface area (Å²) in [5, 5.41) is 130. The average molecular weight is 1870 g/mol. The highest BCUT2D eigenvalue weighted by Crippen LogP contribution is 2.50. The highest BCUT2D eigenvalue weighted by atomic mass is 35.5. The monoisotopic (exact) mass is 1860 g/mol. The van der Waals surface area contributed by atoms with E-state index in [4.69, 9.17) is 73.8 Å². The van der Waals surface area contributed by atoms with E-state index in [0.29, 0.717) is 10.6 Å². The van der Waals surface area contributed by atoms with E-state index >= 15 is 24.0 Å². The van der Waals surface area contributed by atoms with Gasteiger partial charge in [-0.3, -0.25) is 47.7 Å². The Kier molecular flexibility index (Phi) is 30.5. The number of benzene rings is 6. The number of anilines is 1. The Balaban J connectivity index is 0.998. The standard InChI is InChI=1S/C86H97Cl3N14O27/c1-37(2)25-50(91-5)77(116)99-68-70(111)41-13-18-54(48(88)27-41)125-56-29-43-30-57(74(56)129-84-75(73(114)72(113)58(36-104)127-84)128-63-34-86(4,76(115)38(3)124-63)92-22-24-102-23-21-60(95-85(102)123)94-61(109)20-11-39-9-15-44(87)16-10-39)126-55-19-14-42(28-49(55)89)71(112)69-82(121)98-67(83(122)101-130-62(110)35-103(6,7)8)47-31-45(105)32-53(107)64(47)46-26-40(12-17-52(46)106)65(79(118)100-69)97-80(119)66(43)96-78(117)51(33-59(90)108)93-81(68)120/h9-21,23,26-32,37-38,50-51,58,63,65-73,75-76,84,91-92,104,111-115H,22,24-25,33-36H2,1-8H3,(H12-,90,93,94,95,96,97,98,99,100,101,105,106,107,108,109,116,117,118,119,120,121,122,123)/p+1/b20-11+/t38?,50?,51?,58?,63?,65?,66?,67-,68?,69?,70?,71?,72?,73?,75?,76?,84?,86-/m1/s1. The predicted octanol–water partition coefficient (Wildman–Crippen LogP) is 1.50. The second-order valence-corrected chi connectivity index (χ2v) is 34.5. The Morgan fingerprint density at radius 2 is 1.36 bits per heavy atom. The van der Waals surface area contributed by atoms with Gasteiger partial charge in [-0.15, -0.1) is 0 Å². The third-order valence-electron chi connectivity index (χ3n) is 21.9. The molecule has 16 unspecified atom stereocenters. The molecule has 0 spiro atoms. The largest absolute Gasteiger partial charge is 0.508 e. The molecule has 2 fully saturated rings. The number of phenols is 3. The summed E-state index contributed by atoms with van der Waals surface area (Å²) in [4.78, 5) is 169. The summed E-state index contributed by atoms with van der Waals surface area (Å²) in [6.07, 6.45) is -15.6. The smallest absolute Gasteiger partial charge is 0.386 e. The zero-order valence-corrected chi connectivity index (χ0v) is 73.2. The molecule has 18 atom stereocenters. The fraction of sp³-hybridized carbons (Fsp3) is 0.395. The van der Waals surface area contributed by atoms with Gasteiger partial charge in [-0.1, -0.05) is 79.0 Å². The van der Waals surface area contributed by atoms with Gasteiger partial charge in [0.15, 0.2) is 30.4 Å². The van der Waals surface area contributed by atoms with Gasteiger partial charge in [-0.05, 0) is 145 Å². The summed E-state index contributed by atoms with van der Waals surface area (Å²) >= 11 is 20.4. The van der Waals surface area contributed by atoms with Crippen LogP contribution >= 0.6 is 34.8 Å². The van der Waals surface area contributed by atoms with Gasteiger partial charge in [0.05, 0.1) is 62.5 Å². The lowest BCUT2D eigenvalue weighted by atomic mass is 9.85. The summed E-state index contributed by atoms with van der Waals surface area (Å²) in [6, 6.07) is 6.95. The number of hydrogen-bond donors (Lipinski definition) is 20. The average Bonchev–Trinajstić information content (AvgIpc) is 0.764. The Morgan fingerprint density at radius 3 is 1.98 bits per heavy atom. The maximum absolute atomic E-state index is 16.4. The minimum atomic E-state index is -2.42. The number of fused-ring (bicyclic) bond motifs is 15. The first kappa shape index (κ1) is 96.9. The number of primary amides is 1. The summed E-state index contributed by atoms with van der Waals surface area (Å²) < 4.78 is 40.7. The van der Waals surface area contributed by atoms with Crippen LogP contribution in [0.4, 0.5) is 5.82 Å². The first-order chi connectivity index (χ1) is 61.5. The molecule has 9 amide bonds. The highest BCUT2D eigenvalue weighted by Gasteiger charge is 2.52. The van der Waals surface area contributed by atoms with Crippen molar-refractivity contribution in [2.45, 2.75) is 163 Å². The topological polar surface area (TPSA) is 599 Å². The lowest BCUT2D eigenvalue weighted by Gasteiger charge is -2.48. The number of halogens is 3. The van der Waals surface area contributed by atoms with Crippen molar-refractivity contribution >= 4 is 106 Å². The van der Waals surface area contributed by atoms with Crippen LogP contribution in [0.1, 0.15) is 111 Å². The van der Waals surface area contributed by atoms with Gasteiger partial charge < -0.3 is 137 Å². The summed E-state index contributed by atoms with van der Waals surface area (Å²) in [5.74, 6) is -17.8. The molecule has 21 N–H and O–H groups in total. The molecular formula is C86H98Cl3N14O27+. The molecule has 41 nitrogen and oxygen atoms in total. The molecule has 6 aromatic carbocycles. The fourth-order valence-electron chi connectivity index (χ4n) is 15.3. The van der Waals surface area contributed by atoms with E-state index in [9.17, 15) is 74.7 Å². The molecule has 2 saturated heterocycles. The van der Waals surface area contributed by atoms with Crippen molar-refractivity contribution in [3.63, 3.8) is 0 Å². The number of carbonyl (C=O) groups is 10. The summed E-state index contributed by atoms with van der Waals surface area (Å²) in [5.41, 5.74) is 3.23. The van der Waals surface area contributed by atoms with Crippen molar-refractivity contribution in [1.82, 2.24) is 57.6 Å². The lowest BCUT2D eigenvalue weighted by Crippen LogP contribution is -2.65. The van der Waals surface area contributed by atoms with Gasteiger partial charge in [-0.2, -0.15) is 10.5 Å². The Morgan fingerprint density at radius 1 is 0.723 bits per heavy atom. The predicted molar refractivity (Wildman–Crippen MR) is 460 cm³/mol. The van der Waals surface area contributed by atoms with Gasteiger partial charge in [0.25, 0.3) is 5.91 Å². The number of quaternary nitrogens is 1. The Bertz CT molecular complexity index is 5590. The zero-order chi connectivity index (χ0) is 94.4. The number of nitrogens with one attached hydrogen (secondary N) is 10. The number of aromatic hydroxyl groups is 3. The zero-order valence-electron chi connectivity index (χ0n) is 70.9. The molecule has 7 aromatic rings. The van der Waals surface area contributed by atoms with Gasteiger partial charge in [-0.25, -0.2) is 9.59 Å². The van der Waals surface area contributed by atoms with E-state index in [2.05, 4.69) is 52.8 Å². The van der Waals surface area contributed by atoms with Crippen LogP contribution < -0.4 is 79.0 Å². The third-order valence-corrected chi connectivity index (χ3v) is 22.8. The number of nitrogens with two attached hydrogens (primary N) is 1. The van der Waals surface area contributed by atoms with E-state index in [1.165, 1.54) is 55.1 Å². The van der Waals surface area contributed by atoms with Crippen LogP contribution in [0.2, 0.25) is 15.1 Å². The van der Waals surface area contributed by atoms with Gasteiger partial charge >= 0.3 is 11.7 Å². The molecule has 7 aliphatic heterocycles. The van der Waals surface area contributed by atoms with Crippen molar-refractivity contribution in [1.29, 1.82) is 0 Å². The van der Waals surface area contributed by atoms with Crippen LogP contribution in [0.15, 0.2) is 126 Å². The fourth-order valence-corrected chi connectivity index (χ4v) is 15.9. The van der Waals surface area contributed by atoms with E-state index in [1.807, 2.05) is 5.48 Å².